The minimum atomic E-state index is -2.34. The van der Waals surface area contributed by atoms with Crippen LogP contribution < -0.4 is 10.0 Å². The standard InChI is InChI=1S/C24H22BF3O3.2C4H12N/c26-21-13-5-2-10-18(21)24(19-11-3-6-14-22(19)27,20-12-4-7-15-23(20)28)16-8-1-9-17-31-25(29)30;2*1-5(2,3)4/h2-7,10-15H,1,8-9,16-17H2;2*1-4H3/q-2;2*+1. The maximum Gasteiger partial charge on any atom is 0.127 e. The Morgan fingerprint density at radius 1 is 0.585 bits per heavy atom. The van der Waals surface area contributed by atoms with Gasteiger partial charge in [-0.3, -0.25) is 0 Å². The predicted molar refractivity (Wildman–Crippen MR) is 157 cm³/mol. The molecule has 226 valence electrons. The van der Waals surface area contributed by atoms with Crippen LogP contribution in [0.4, 0.5) is 13.2 Å². The van der Waals surface area contributed by atoms with E-state index in [4.69, 9.17) is 0 Å². The largest absolute Gasteiger partial charge is 0.871 e. The molecule has 0 saturated heterocycles. The van der Waals surface area contributed by atoms with E-state index in [0.29, 0.717) is 19.3 Å². The van der Waals surface area contributed by atoms with Crippen molar-refractivity contribution in [1.29, 1.82) is 0 Å². The number of halogens is 3. The van der Waals surface area contributed by atoms with Crippen LogP contribution in [0.3, 0.4) is 0 Å². The molecule has 0 unspecified atom stereocenters. The molecule has 3 aromatic rings. The Kier molecular flexibility index (Phi) is 14.8. The van der Waals surface area contributed by atoms with Gasteiger partial charge in [0.25, 0.3) is 0 Å². The zero-order valence-electron chi connectivity index (χ0n) is 25.8. The third-order valence-electron chi connectivity index (χ3n) is 5.45. The molecular weight excluding hydrogens is 528 g/mol. The molecule has 0 aromatic heterocycles. The Balaban J connectivity index is 0.000000722. The van der Waals surface area contributed by atoms with Crippen LogP contribution >= 0.6 is 0 Å². The number of benzene rings is 3. The number of hydrogen-bond donors (Lipinski definition) is 0. The summed E-state index contributed by atoms with van der Waals surface area (Å²) in [6.45, 7) is 0.00373. The first kappa shape index (κ1) is 36.3. The van der Waals surface area contributed by atoms with Crippen molar-refractivity contribution in [3.05, 3.63) is 107 Å². The van der Waals surface area contributed by atoms with Gasteiger partial charge in [-0.2, -0.15) is 0 Å². The van der Waals surface area contributed by atoms with Gasteiger partial charge in [-0.1, -0.05) is 67.4 Å². The lowest BCUT2D eigenvalue weighted by Gasteiger charge is -2.37. The fourth-order valence-electron chi connectivity index (χ4n) is 4.11. The number of rotatable bonds is 10. The first-order chi connectivity index (χ1) is 19.0. The molecule has 0 fully saturated rings. The maximum absolute atomic E-state index is 15.1. The van der Waals surface area contributed by atoms with Gasteiger partial charge >= 0.3 is 0 Å². The molecule has 3 aromatic carbocycles. The highest BCUT2D eigenvalue weighted by Crippen LogP contribution is 2.46. The van der Waals surface area contributed by atoms with Crippen LogP contribution in [-0.2, 0) is 10.1 Å². The average molecular weight is 575 g/mol. The Hall–Kier alpha value is -2.69. The zero-order chi connectivity index (χ0) is 31.3. The number of quaternary nitrogens is 2. The molecular formula is C32H46BF3N2O3. The molecule has 0 aliphatic heterocycles. The summed E-state index contributed by atoms with van der Waals surface area (Å²) in [5.74, 6) is -1.67. The van der Waals surface area contributed by atoms with Crippen molar-refractivity contribution in [1.82, 2.24) is 0 Å². The Morgan fingerprint density at radius 3 is 1.20 bits per heavy atom. The van der Waals surface area contributed by atoms with E-state index in [2.05, 4.69) is 61.0 Å². The topological polar surface area (TPSA) is 55.3 Å². The van der Waals surface area contributed by atoms with Crippen molar-refractivity contribution in [3.8, 4) is 0 Å². The summed E-state index contributed by atoms with van der Waals surface area (Å²) < 4.78 is 51.8. The normalized spacial score (nSPS) is 11.6. The second-order valence-electron chi connectivity index (χ2n) is 12.7. The smallest absolute Gasteiger partial charge is 0.127 e. The second kappa shape index (κ2) is 16.7. The summed E-state index contributed by atoms with van der Waals surface area (Å²) in [6.07, 6.45) is 1.64. The van der Waals surface area contributed by atoms with E-state index in [1.54, 1.807) is 36.4 Å². The van der Waals surface area contributed by atoms with E-state index in [-0.39, 0.29) is 29.7 Å². The highest BCUT2D eigenvalue weighted by atomic mass is 19.1. The summed E-state index contributed by atoms with van der Waals surface area (Å²) in [4.78, 5) is 0. The van der Waals surface area contributed by atoms with Gasteiger partial charge in [0, 0.05) is 23.3 Å². The molecule has 0 amide bonds. The third kappa shape index (κ3) is 13.7. The fraction of sp³-hybridized carbons (Fsp3) is 0.438. The van der Waals surface area contributed by atoms with Crippen molar-refractivity contribution < 1.29 is 36.8 Å². The molecule has 0 spiro atoms. The van der Waals surface area contributed by atoms with Gasteiger partial charge in [-0.05, 0) is 31.0 Å². The van der Waals surface area contributed by atoms with Crippen molar-refractivity contribution in [2.75, 3.05) is 63.0 Å². The summed E-state index contributed by atoms with van der Waals surface area (Å²) in [7, 11) is 14.7. The predicted octanol–water partition coefficient (Wildman–Crippen LogP) is 4.37. The first-order valence-corrected chi connectivity index (χ1v) is 13.7. The van der Waals surface area contributed by atoms with Crippen LogP contribution in [0.5, 0.6) is 0 Å². The molecule has 0 saturated carbocycles. The van der Waals surface area contributed by atoms with E-state index in [1.807, 2.05) is 0 Å². The monoisotopic (exact) mass is 574 g/mol. The minimum Gasteiger partial charge on any atom is -0.871 e. The first-order valence-electron chi connectivity index (χ1n) is 13.7. The fourth-order valence-corrected chi connectivity index (χ4v) is 4.11. The minimum absolute atomic E-state index is 0.00373. The number of nitrogens with zero attached hydrogens (tertiary/aromatic N) is 2. The summed E-state index contributed by atoms with van der Waals surface area (Å²) in [5.41, 5.74) is -0.857. The molecule has 0 aliphatic rings. The quantitative estimate of drug-likeness (QED) is 0.157. The van der Waals surface area contributed by atoms with Crippen LogP contribution in [0.2, 0.25) is 0 Å². The molecule has 3 rings (SSSR count). The van der Waals surface area contributed by atoms with Crippen molar-refractivity contribution in [2.24, 2.45) is 0 Å². The van der Waals surface area contributed by atoms with Gasteiger partial charge in [0.15, 0.2) is 0 Å². The average Bonchev–Trinajstić information content (AvgIpc) is 2.83. The highest BCUT2D eigenvalue weighted by molar-refractivity contribution is 6.28. The summed E-state index contributed by atoms with van der Waals surface area (Å²) in [5, 5.41) is 21.0. The van der Waals surface area contributed by atoms with Crippen molar-refractivity contribution in [3.63, 3.8) is 0 Å². The van der Waals surface area contributed by atoms with E-state index < -0.39 is 30.2 Å². The molecule has 9 heteroatoms. The molecule has 5 nitrogen and oxygen atoms in total. The zero-order valence-corrected chi connectivity index (χ0v) is 25.8. The van der Waals surface area contributed by atoms with Crippen LogP contribution in [-0.4, -0.2) is 79.3 Å². The Morgan fingerprint density at radius 2 is 0.902 bits per heavy atom. The maximum atomic E-state index is 15.1. The van der Waals surface area contributed by atoms with Gasteiger partial charge in [-0.15, -0.1) is 0 Å². The third-order valence-corrected chi connectivity index (χ3v) is 5.45. The van der Waals surface area contributed by atoms with Crippen molar-refractivity contribution in [2.45, 2.75) is 31.1 Å². The molecule has 0 atom stereocenters. The Labute approximate surface area is 245 Å². The van der Waals surface area contributed by atoms with Gasteiger partial charge in [0.2, 0.25) is 0 Å². The van der Waals surface area contributed by atoms with Gasteiger partial charge in [0.05, 0.1) is 69.1 Å². The van der Waals surface area contributed by atoms with Gasteiger partial charge in [-0.25, -0.2) is 13.2 Å². The summed E-state index contributed by atoms with van der Waals surface area (Å²) >= 11 is 0. The van der Waals surface area contributed by atoms with Crippen LogP contribution in [0, 0.1) is 17.5 Å². The van der Waals surface area contributed by atoms with Crippen LogP contribution in [0.15, 0.2) is 72.8 Å². The lowest BCUT2D eigenvalue weighted by Crippen LogP contribution is -2.47. The van der Waals surface area contributed by atoms with E-state index >= 15 is 13.2 Å². The van der Waals surface area contributed by atoms with E-state index in [9.17, 15) is 10.0 Å². The molecule has 0 heterocycles. The Bertz CT molecular complexity index is 1050. The lowest BCUT2D eigenvalue weighted by molar-refractivity contribution is -0.849. The molecule has 0 radical (unpaired) electrons. The summed E-state index contributed by atoms with van der Waals surface area (Å²) in [6, 6.07) is 18.0. The van der Waals surface area contributed by atoms with Crippen LogP contribution in [0.25, 0.3) is 0 Å². The second-order valence-corrected chi connectivity index (χ2v) is 12.7. The van der Waals surface area contributed by atoms with Crippen molar-refractivity contribution >= 4 is 7.32 Å². The van der Waals surface area contributed by atoms with E-state index in [0.717, 1.165) is 8.97 Å². The molecule has 0 N–H and O–H groups in total. The number of hydrogen-bond acceptors (Lipinski definition) is 3. The van der Waals surface area contributed by atoms with E-state index in [1.165, 1.54) is 36.4 Å². The molecule has 41 heavy (non-hydrogen) atoms. The molecule has 0 bridgehead atoms. The number of unbranched alkanes of at least 4 members (excludes halogenated alkanes) is 2. The molecule has 0 aliphatic carbocycles. The highest BCUT2D eigenvalue weighted by Gasteiger charge is 2.41. The van der Waals surface area contributed by atoms with Gasteiger partial charge < -0.3 is 23.7 Å². The lowest BCUT2D eigenvalue weighted by atomic mass is 9.66. The van der Waals surface area contributed by atoms with Gasteiger partial charge in [0.1, 0.15) is 17.5 Å². The van der Waals surface area contributed by atoms with Crippen LogP contribution in [0.1, 0.15) is 42.4 Å². The SMILES string of the molecule is C[N+](C)(C)C.C[N+](C)(C)C.[O-]B([O-])OCCCCCC(c1ccccc1F)(c1ccccc1F)c1ccccc1F.